The normalized spacial score (nSPS) is 14.9. The van der Waals surface area contributed by atoms with Crippen LogP contribution in [0.5, 0.6) is 11.5 Å². The quantitative estimate of drug-likeness (QED) is 0.0683. The van der Waals surface area contributed by atoms with Crippen molar-refractivity contribution < 1.29 is 26.5 Å². The molecule has 4 aromatic carbocycles. The Morgan fingerprint density at radius 3 is 0.932 bits per heavy atom. The first-order valence-electron chi connectivity index (χ1n) is 28.6. The summed E-state index contributed by atoms with van der Waals surface area (Å²) in [5.41, 5.74) is 11.9. The fourth-order valence-corrected chi connectivity index (χ4v) is 11.7. The van der Waals surface area contributed by atoms with E-state index in [1.54, 1.807) is 0 Å². The number of hydrogen-bond acceptors (Lipinski definition) is 6. The lowest BCUT2D eigenvalue weighted by Gasteiger charge is -2.34. The fourth-order valence-electron chi connectivity index (χ4n) is 9.53. The van der Waals surface area contributed by atoms with Crippen LogP contribution < -0.4 is 9.05 Å². The molecule has 0 bridgehead atoms. The molecule has 0 amide bonds. The molecule has 1 saturated heterocycles. The summed E-state index contributed by atoms with van der Waals surface area (Å²) in [5.74, 6) is 1.56. The van der Waals surface area contributed by atoms with Crippen LogP contribution >= 0.6 is 16.8 Å². The molecule has 74 heavy (non-hydrogen) atoms. The van der Waals surface area contributed by atoms with Gasteiger partial charge in [-0.1, -0.05) is 190 Å². The van der Waals surface area contributed by atoms with Crippen LogP contribution in [0.1, 0.15) is 262 Å². The molecule has 1 fully saturated rings. The van der Waals surface area contributed by atoms with E-state index < -0.39 is 16.8 Å². The van der Waals surface area contributed by atoms with Crippen molar-refractivity contribution in [2.75, 3.05) is 13.2 Å². The van der Waals surface area contributed by atoms with Crippen molar-refractivity contribution in [2.24, 2.45) is 0 Å². The molecule has 0 atom stereocenters. The third kappa shape index (κ3) is 11.8. The Morgan fingerprint density at radius 1 is 0.351 bits per heavy atom. The molecular weight excluding hydrogens is 951 g/mol. The van der Waals surface area contributed by atoms with Crippen LogP contribution in [0.15, 0.2) is 56.9 Å². The molecule has 0 aliphatic carbocycles. The molecule has 6 nitrogen and oxygen atoms in total. The minimum atomic E-state index is -2.16. The predicted octanol–water partition coefficient (Wildman–Crippen LogP) is 22.0. The van der Waals surface area contributed by atoms with Crippen molar-refractivity contribution in [3.8, 4) is 22.6 Å². The molecule has 0 spiro atoms. The molecule has 1 aliphatic rings. The molecule has 6 rings (SSSR count). The van der Waals surface area contributed by atoms with Crippen molar-refractivity contribution in [3.63, 3.8) is 0 Å². The number of benzene rings is 4. The van der Waals surface area contributed by atoms with E-state index in [0.717, 1.165) is 107 Å². The second kappa shape index (κ2) is 21.9. The summed E-state index contributed by atoms with van der Waals surface area (Å²) in [4.78, 5) is 0. The van der Waals surface area contributed by atoms with Gasteiger partial charge in [-0.2, -0.15) is 0 Å². The monoisotopic (exact) mass is 1050 g/mol. The minimum Gasteiger partial charge on any atom is -0.426 e. The van der Waals surface area contributed by atoms with Gasteiger partial charge in [0.05, 0.1) is 13.2 Å². The summed E-state index contributed by atoms with van der Waals surface area (Å²) in [6, 6.07) is 19.4. The zero-order chi connectivity index (χ0) is 55.4. The van der Waals surface area contributed by atoms with Gasteiger partial charge in [-0.3, -0.25) is 0 Å². The molecule has 0 saturated carbocycles. The lowest BCUT2D eigenvalue weighted by molar-refractivity contribution is 0.348. The van der Waals surface area contributed by atoms with E-state index in [1.807, 2.05) is 0 Å². The molecular formula is C66H100O6P2. The Bertz CT molecular complexity index is 2750. The molecule has 8 heteroatoms. The summed E-state index contributed by atoms with van der Waals surface area (Å²) in [5, 5.41) is 2.16. The van der Waals surface area contributed by atoms with E-state index in [1.165, 1.54) is 33.4 Å². The molecule has 1 aromatic heterocycles. The Labute approximate surface area is 452 Å². The van der Waals surface area contributed by atoms with Crippen molar-refractivity contribution in [2.45, 2.75) is 261 Å². The smallest absolute Gasteiger partial charge is 0.426 e. The maximum absolute atomic E-state index is 7.93. The topological polar surface area (TPSA) is 63.2 Å². The van der Waals surface area contributed by atoms with Crippen LogP contribution in [0, 0.1) is 0 Å². The molecule has 1 aliphatic heterocycles. The van der Waals surface area contributed by atoms with Crippen molar-refractivity contribution >= 4 is 38.8 Å². The van der Waals surface area contributed by atoms with E-state index in [-0.39, 0.29) is 43.3 Å². The molecule has 0 radical (unpaired) electrons. The summed E-state index contributed by atoms with van der Waals surface area (Å²) in [6.07, 6.45) is 7.56. The standard InChI is InChI=1S/C66H100O6P2/c1-25-59(9,10)43-35-47(55(69-73-67-33-34-68-73)51(39-43)63(17,18)29-5)48-36-44(60(11,12)26-2)40-52(64(19,20)30-6)56(48)70-74-71-57-49(37-45(61(13,14)27-3)41-53(57)65(21,22)31-7)50-38-46(62(15,16)28-4)42-54(58(50)72-74)66(23,24)32-8/h35-42H,25-34H2,1-24H3. The molecule has 0 N–H and O–H groups in total. The molecule has 0 unspecified atom stereocenters. The Kier molecular flexibility index (Phi) is 17.7. The number of hydrogen-bond donors (Lipinski definition) is 0. The van der Waals surface area contributed by atoms with Crippen LogP contribution in [-0.2, 0) is 52.4 Å². The van der Waals surface area contributed by atoms with E-state index in [4.69, 9.17) is 26.5 Å². The summed E-state index contributed by atoms with van der Waals surface area (Å²) >= 11 is 0. The van der Waals surface area contributed by atoms with Gasteiger partial charge in [0.25, 0.3) is 0 Å². The third-order valence-electron chi connectivity index (χ3n) is 19.2. The third-order valence-corrected chi connectivity index (χ3v) is 21.3. The first kappa shape index (κ1) is 60.0. The SMILES string of the molecule is CCC(C)(C)c1cc(-c2cc(C(C)(C)CC)cc(C(C)(C)CC)c2Op2oc3c(C(C)(C)CC)cc(C(C)(C)CC)cc3c3cc(C(C)(C)CC)cc(C(C)(C)CC)c3o2)c(OP2OCCO2)c(C(C)(C)CC)c1. The van der Waals surface area contributed by atoms with Crippen LogP contribution in [0.3, 0.4) is 0 Å². The van der Waals surface area contributed by atoms with Crippen LogP contribution in [0.4, 0.5) is 0 Å². The van der Waals surface area contributed by atoms with E-state index in [2.05, 4.69) is 215 Å². The van der Waals surface area contributed by atoms with Crippen molar-refractivity contribution in [1.29, 1.82) is 0 Å². The van der Waals surface area contributed by atoms with E-state index in [0.29, 0.717) is 13.2 Å². The minimum absolute atomic E-state index is 0.0840. The summed E-state index contributed by atoms with van der Waals surface area (Å²) < 4.78 is 42.9. The highest BCUT2D eigenvalue weighted by molar-refractivity contribution is 7.42. The van der Waals surface area contributed by atoms with Gasteiger partial charge in [-0.25, -0.2) is 0 Å². The van der Waals surface area contributed by atoms with Gasteiger partial charge in [-0.15, -0.1) is 0 Å². The highest BCUT2D eigenvalue weighted by atomic mass is 31.2. The average Bonchev–Trinajstić information content (AvgIpc) is 3.83. The van der Waals surface area contributed by atoms with Gasteiger partial charge in [-0.05, 0) is 141 Å². The zero-order valence-corrected chi connectivity index (χ0v) is 52.8. The van der Waals surface area contributed by atoms with Crippen LogP contribution in [0.2, 0.25) is 0 Å². The summed E-state index contributed by atoms with van der Waals surface area (Å²) in [6.45, 7) is 57.1. The lowest BCUT2D eigenvalue weighted by Crippen LogP contribution is -2.23. The second-order valence-corrected chi connectivity index (χ2v) is 29.1. The maximum atomic E-state index is 7.93. The molecule has 2 heterocycles. The fraction of sp³-hybridized carbons (Fsp3) is 0.636. The first-order chi connectivity index (χ1) is 34.2. The van der Waals surface area contributed by atoms with Crippen LogP contribution in [0.25, 0.3) is 33.1 Å². The first-order valence-corrected chi connectivity index (χ1v) is 30.8. The second-order valence-electron chi connectivity index (χ2n) is 27.0. The van der Waals surface area contributed by atoms with Crippen molar-refractivity contribution in [3.05, 3.63) is 93.0 Å². The van der Waals surface area contributed by atoms with Gasteiger partial charge in [0.2, 0.25) is 0 Å². The summed E-state index contributed by atoms with van der Waals surface area (Å²) in [7, 11) is -3.80. The average molecular weight is 1050 g/mol. The van der Waals surface area contributed by atoms with Crippen molar-refractivity contribution in [1.82, 2.24) is 0 Å². The van der Waals surface area contributed by atoms with Gasteiger partial charge < -0.3 is 26.5 Å². The largest absolute Gasteiger partial charge is 0.453 e. The van der Waals surface area contributed by atoms with Crippen LogP contribution in [-0.4, -0.2) is 13.2 Å². The van der Waals surface area contributed by atoms with E-state index >= 15 is 0 Å². The number of rotatable bonds is 21. The number of fused-ring (bicyclic) bond motifs is 3. The molecule has 410 valence electrons. The van der Waals surface area contributed by atoms with Gasteiger partial charge in [0, 0.05) is 44.2 Å². The maximum Gasteiger partial charge on any atom is 0.453 e. The van der Waals surface area contributed by atoms with E-state index in [9.17, 15) is 0 Å². The Morgan fingerprint density at radius 2 is 0.622 bits per heavy atom. The van der Waals surface area contributed by atoms with Gasteiger partial charge >= 0.3 is 16.8 Å². The lowest BCUT2D eigenvalue weighted by atomic mass is 9.72. The van der Waals surface area contributed by atoms with Gasteiger partial charge in [0.1, 0.15) is 22.7 Å². The zero-order valence-electron chi connectivity index (χ0n) is 51.0. The Hall–Kier alpha value is -3.27. The Balaban J connectivity index is 1.95. The molecule has 5 aromatic rings. The predicted molar refractivity (Wildman–Crippen MR) is 320 cm³/mol. The van der Waals surface area contributed by atoms with Gasteiger partial charge in [0.15, 0.2) is 0 Å². The highest BCUT2D eigenvalue weighted by Crippen LogP contribution is 2.57. The highest BCUT2D eigenvalue weighted by Gasteiger charge is 2.38.